The van der Waals surface area contributed by atoms with E-state index in [-0.39, 0.29) is 11.7 Å². The summed E-state index contributed by atoms with van der Waals surface area (Å²) in [5.74, 6) is -0.465. The highest BCUT2D eigenvalue weighted by atomic mass is 35.5. The molecule has 5 heteroatoms. The van der Waals surface area contributed by atoms with Crippen LogP contribution in [0.2, 0.25) is 10.0 Å². The van der Waals surface area contributed by atoms with E-state index < -0.39 is 0 Å². The molecule has 3 nitrogen and oxygen atoms in total. The molecule has 102 valence electrons. The lowest BCUT2D eigenvalue weighted by atomic mass is 10.0. The van der Waals surface area contributed by atoms with E-state index in [2.05, 4.69) is 5.32 Å². The van der Waals surface area contributed by atoms with Crippen LogP contribution in [0.3, 0.4) is 0 Å². The molecule has 20 heavy (non-hydrogen) atoms. The molecule has 0 aliphatic carbocycles. The molecule has 0 aliphatic heterocycles. The van der Waals surface area contributed by atoms with Gasteiger partial charge in [-0.25, -0.2) is 0 Å². The van der Waals surface area contributed by atoms with Gasteiger partial charge in [-0.2, -0.15) is 0 Å². The van der Waals surface area contributed by atoms with Gasteiger partial charge in [-0.1, -0.05) is 35.3 Å². The van der Waals surface area contributed by atoms with E-state index in [4.69, 9.17) is 23.2 Å². The van der Waals surface area contributed by atoms with Crippen LogP contribution in [0.5, 0.6) is 0 Å². The van der Waals surface area contributed by atoms with Gasteiger partial charge in [0.1, 0.15) is 0 Å². The predicted molar refractivity (Wildman–Crippen MR) is 80.6 cm³/mol. The van der Waals surface area contributed by atoms with Crippen LogP contribution in [0, 0.1) is 0 Å². The Hall–Kier alpha value is -1.84. The Morgan fingerprint density at radius 2 is 1.70 bits per heavy atom. The van der Waals surface area contributed by atoms with Crippen molar-refractivity contribution in [3.05, 3.63) is 63.6 Å². The average Bonchev–Trinajstić information content (AvgIpc) is 2.41. The number of carbonyl (C=O) groups excluding carboxylic acids is 2. The van der Waals surface area contributed by atoms with Crippen molar-refractivity contribution >= 4 is 40.6 Å². The molecular formula is C15H11Cl2NO2. The van der Waals surface area contributed by atoms with Crippen molar-refractivity contribution < 1.29 is 9.59 Å². The summed E-state index contributed by atoms with van der Waals surface area (Å²) in [6.45, 7) is 1.39. The second-order valence-corrected chi connectivity index (χ2v) is 5.00. The molecule has 0 saturated heterocycles. The van der Waals surface area contributed by atoms with Gasteiger partial charge < -0.3 is 5.32 Å². The number of rotatable bonds is 3. The Morgan fingerprint density at radius 3 is 2.35 bits per heavy atom. The summed E-state index contributed by atoms with van der Waals surface area (Å²) in [7, 11) is 0. The standard InChI is InChI=1S/C15H11Cl2NO2/c1-9(19)18-14-5-3-2-4-11(14)15(20)10-6-7-12(16)13(17)8-10/h2-8H,1H3,(H,18,19). The molecule has 0 atom stereocenters. The maximum atomic E-state index is 12.5. The normalized spacial score (nSPS) is 10.2. The van der Waals surface area contributed by atoms with Gasteiger partial charge in [-0.3, -0.25) is 9.59 Å². The quantitative estimate of drug-likeness (QED) is 0.865. The molecule has 0 bridgehead atoms. The minimum atomic E-state index is -0.237. The van der Waals surface area contributed by atoms with Crippen molar-refractivity contribution in [3.63, 3.8) is 0 Å². The molecule has 2 rings (SSSR count). The molecule has 0 aromatic heterocycles. The van der Waals surface area contributed by atoms with Crippen LogP contribution < -0.4 is 5.32 Å². The van der Waals surface area contributed by atoms with Crippen molar-refractivity contribution in [1.29, 1.82) is 0 Å². The molecule has 0 radical (unpaired) electrons. The smallest absolute Gasteiger partial charge is 0.221 e. The van der Waals surface area contributed by atoms with Crippen LogP contribution in [-0.4, -0.2) is 11.7 Å². The summed E-state index contributed by atoms with van der Waals surface area (Å²) in [5.41, 5.74) is 1.29. The zero-order chi connectivity index (χ0) is 14.7. The fraction of sp³-hybridized carbons (Fsp3) is 0.0667. The molecule has 1 N–H and O–H groups in total. The molecule has 1 amide bonds. The highest BCUT2D eigenvalue weighted by Crippen LogP contribution is 2.25. The highest BCUT2D eigenvalue weighted by molar-refractivity contribution is 6.42. The number of carbonyl (C=O) groups is 2. The minimum Gasteiger partial charge on any atom is -0.326 e. The number of hydrogen-bond acceptors (Lipinski definition) is 2. The number of para-hydroxylation sites is 1. The van der Waals surface area contributed by atoms with E-state index in [0.717, 1.165) is 0 Å². The summed E-state index contributed by atoms with van der Waals surface area (Å²) in [6, 6.07) is 11.5. The van der Waals surface area contributed by atoms with E-state index >= 15 is 0 Å². The van der Waals surface area contributed by atoms with E-state index in [9.17, 15) is 9.59 Å². The fourth-order valence-electron chi connectivity index (χ4n) is 1.77. The number of nitrogens with one attached hydrogen (secondary N) is 1. The zero-order valence-electron chi connectivity index (χ0n) is 10.6. The number of anilines is 1. The lowest BCUT2D eigenvalue weighted by Gasteiger charge is -2.09. The first-order chi connectivity index (χ1) is 9.49. The van der Waals surface area contributed by atoms with E-state index in [1.807, 2.05) is 0 Å². The minimum absolute atomic E-state index is 0.229. The molecule has 0 saturated carbocycles. The molecule has 2 aromatic rings. The zero-order valence-corrected chi connectivity index (χ0v) is 12.1. The van der Waals surface area contributed by atoms with Crippen LogP contribution in [0.4, 0.5) is 5.69 Å². The van der Waals surface area contributed by atoms with Crippen molar-refractivity contribution in [2.45, 2.75) is 6.92 Å². The average molecular weight is 308 g/mol. The monoisotopic (exact) mass is 307 g/mol. The molecule has 0 heterocycles. The van der Waals surface area contributed by atoms with Gasteiger partial charge >= 0.3 is 0 Å². The molecule has 0 spiro atoms. The van der Waals surface area contributed by atoms with Crippen LogP contribution in [0.15, 0.2) is 42.5 Å². The predicted octanol–water partition coefficient (Wildman–Crippen LogP) is 4.18. The lowest BCUT2D eigenvalue weighted by molar-refractivity contribution is -0.114. The maximum absolute atomic E-state index is 12.5. The summed E-state index contributed by atoms with van der Waals surface area (Å²) < 4.78 is 0. The first kappa shape index (κ1) is 14.6. The van der Waals surface area contributed by atoms with Crippen molar-refractivity contribution in [3.8, 4) is 0 Å². The highest BCUT2D eigenvalue weighted by Gasteiger charge is 2.15. The summed E-state index contributed by atoms with van der Waals surface area (Å²) in [5, 5.41) is 3.33. The molecule has 0 aliphatic rings. The summed E-state index contributed by atoms with van der Waals surface area (Å²) in [4.78, 5) is 23.6. The SMILES string of the molecule is CC(=O)Nc1ccccc1C(=O)c1ccc(Cl)c(Cl)c1. The largest absolute Gasteiger partial charge is 0.326 e. The van der Waals surface area contributed by atoms with Crippen LogP contribution >= 0.6 is 23.2 Å². The van der Waals surface area contributed by atoms with Crippen molar-refractivity contribution in [2.24, 2.45) is 0 Å². The summed E-state index contributed by atoms with van der Waals surface area (Å²) in [6.07, 6.45) is 0. The van der Waals surface area contributed by atoms with Gasteiger partial charge in [-0.05, 0) is 30.3 Å². The van der Waals surface area contributed by atoms with Gasteiger partial charge in [0.2, 0.25) is 5.91 Å². The Bertz CT molecular complexity index is 683. The molecule has 0 unspecified atom stereocenters. The van der Waals surface area contributed by atoms with Gasteiger partial charge in [0.15, 0.2) is 5.78 Å². The lowest BCUT2D eigenvalue weighted by Crippen LogP contribution is -2.11. The third-order valence-electron chi connectivity index (χ3n) is 2.66. The molecule has 0 fully saturated rings. The first-order valence-electron chi connectivity index (χ1n) is 5.85. The number of amides is 1. The number of ketones is 1. The van der Waals surface area contributed by atoms with Gasteiger partial charge in [-0.15, -0.1) is 0 Å². The third-order valence-corrected chi connectivity index (χ3v) is 3.40. The third kappa shape index (κ3) is 3.18. The Morgan fingerprint density at radius 1 is 1.00 bits per heavy atom. The van der Waals surface area contributed by atoms with Crippen molar-refractivity contribution in [2.75, 3.05) is 5.32 Å². The number of halogens is 2. The van der Waals surface area contributed by atoms with Gasteiger partial charge in [0.25, 0.3) is 0 Å². The topological polar surface area (TPSA) is 46.2 Å². The Balaban J connectivity index is 2.42. The van der Waals surface area contributed by atoms with Crippen LogP contribution in [0.25, 0.3) is 0 Å². The fourth-order valence-corrected chi connectivity index (χ4v) is 2.07. The summed E-state index contributed by atoms with van der Waals surface area (Å²) >= 11 is 11.7. The van der Waals surface area contributed by atoms with Gasteiger partial charge in [0, 0.05) is 18.1 Å². The maximum Gasteiger partial charge on any atom is 0.221 e. The van der Waals surface area contributed by atoms with Gasteiger partial charge in [0.05, 0.1) is 15.7 Å². The second kappa shape index (κ2) is 6.07. The van der Waals surface area contributed by atoms with E-state index in [0.29, 0.717) is 26.9 Å². The van der Waals surface area contributed by atoms with E-state index in [1.54, 1.807) is 36.4 Å². The second-order valence-electron chi connectivity index (χ2n) is 4.18. The Labute approximate surface area is 126 Å². The number of hydrogen-bond donors (Lipinski definition) is 1. The molecule has 2 aromatic carbocycles. The van der Waals surface area contributed by atoms with Crippen LogP contribution in [-0.2, 0) is 4.79 Å². The molecular weight excluding hydrogens is 297 g/mol. The first-order valence-corrected chi connectivity index (χ1v) is 6.61. The number of benzene rings is 2. The Kier molecular flexibility index (Phi) is 4.42. The van der Waals surface area contributed by atoms with Crippen LogP contribution in [0.1, 0.15) is 22.8 Å². The van der Waals surface area contributed by atoms with E-state index in [1.165, 1.54) is 13.0 Å². The van der Waals surface area contributed by atoms with Crippen molar-refractivity contribution in [1.82, 2.24) is 0 Å².